The molecule has 0 N–H and O–H groups in total. The lowest BCUT2D eigenvalue weighted by Crippen LogP contribution is -1.64. The van der Waals surface area contributed by atoms with E-state index in [1.807, 2.05) is 22.1 Å². The molecule has 0 spiro atoms. The van der Waals surface area contributed by atoms with Crippen LogP contribution in [0.3, 0.4) is 0 Å². The van der Waals surface area contributed by atoms with Gasteiger partial charge in [-0.2, -0.15) is 0 Å². The minimum absolute atomic E-state index is 1.27. The highest BCUT2D eigenvalue weighted by Crippen LogP contribution is 1.99. The van der Waals surface area contributed by atoms with E-state index >= 15 is 0 Å². The summed E-state index contributed by atoms with van der Waals surface area (Å²) in [5, 5.41) is 0. The molecule has 1 rings (SSSR count). The van der Waals surface area contributed by atoms with Gasteiger partial charge in [0, 0.05) is 12.4 Å². The predicted octanol–water partition coefficient (Wildman–Crippen LogP) is 1.95. The standard InChI is InChI=1S/C5H6BrN/c1-5-2-3-7(6)4-5/h2-4H,1H3. The first-order chi connectivity index (χ1) is 3.29. The molecule has 1 aromatic rings. The summed E-state index contributed by atoms with van der Waals surface area (Å²) in [5.41, 5.74) is 1.27. The zero-order valence-electron chi connectivity index (χ0n) is 4.06. The molecule has 1 aromatic heterocycles. The number of hydrogen-bond acceptors (Lipinski definition) is 0. The third kappa shape index (κ3) is 1.06. The quantitative estimate of drug-likeness (QED) is 0.546. The first kappa shape index (κ1) is 4.91. The summed E-state index contributed by atoms with van der Waals surface area (Å²) >= 11 is 3.25. The minimum atomic E-state index is 1.27. The highest BCUT2D eigenvalue weighted by atomic mass is 79.9. The Kier molecular flexibility index (Phi) is 1.19. The molecule has 0 saturated heterocycles. The number of hydrogen-bond donors (Lipinski definition) is 0. The molecule has 0 amide bonds. The SMILES string of the molecule is Cc1ccn(Br)c1. The van der Waals surface area contributed by atoms with Crippen LogP contribution < -0.4 is 0 Å². The van der Waals surface area contributed by atoms with E-state index < -0.39 is 0 Å². The molecule has 0 aliphatic rings. The van der Waals surface area contributed by atoms with Gasteiger partial charge in [0.15, 0.2) is 0 Å². The van der Waals surface area contributed by atoms with Gasteiger partial charge in [-0.1, -0.05) is 0 Å². The Labute approximate surface area is 51.3 Å². The lowest BCUT2D eigenvalue weighted by Gasteiger charge is -1.77. The van der Waals surface area contributed by atoms with Crippen LogP contribution in [0, 0.1) is 6.92 Å². The van der Waals surface area contributed by atoms with Crippen LogP contribution in [0.25, 0.3) is 0 Å². The first-order valence-corrected chi connectivity index (χ1v) is 2.81. The van der Waals surface area contributed by atoms with Gasteiger partial charge >= 0.3 is 0 Å². The molecule has 0 unspecified atom stereocenters. The van der Waals surface area contributed by atoms with Crippen molar-refractivity contribution in [2.45, 2.75) is 6.92 Å². The number of halogens is 1. The van der Waals surface area contributed by atoms with E-state index in [1.165, 1.54) is 5.56 Å². The molecule has 38 valence electrons. The van der Waals surface area contributed by atoms with Gasteiger partial charge in [0.2, 0.25) is 0 Å². The summed E-state index contributed by atoms with van der Waals surface area (Å²) in [6.45, 7) is 2.05. The topological polar surface area (TPSA) is 4.93 Å². The molecule has 1 heterocycles. The second kappa shape index (κ2) is 1.70. The third-order valence-corrected chi connectivity index (χ3v) is 1.25. The van der Waals surface area contributed by atoms with Gasteiger partial charge in [-0.25, -0.2) is 0 Å². The first-order valence-electron chi connectivity index (χ1n) is 2.10. The molecule has 1 nitrogen and oxygen atoms in total. The van der Waals surface area contributed by atoms with Crippen molar-refractivity contribution in [1.82, 2.24) is 3.59 Å². The number of aromatic nitrogens is 1. The normalized spacial score (nSPS) is 9.43. The second-order valence-corrected chi connectivity index (χ2v) is 2.35. The molecule has 0 aliphatic carbocycles. The fraction of sp³-hybridized carbons (Fsp3) is 0.200. The van der Waals surface area contributed by atoms with Crippen molar-refractivity contribution in [3.8, 4) is 0 Å². The third-order valence-electron chi connectivity index (χ3n) is 0.807. The van der Waals surface area contributed by atoms with Crippen molar-refractivity contribution in [2.24, 2.45) is 0 Å². The van der Waals surface area contributed by atoms with E-state index in [2.05, 4.69) is 23.1 Å². The molecule has 0 saturated carbocycles. The average Bonchev–Trinajstić information content (AvgIpc) is 1.87. The van der Waals surface area contributed by atoms with E-state index in [0.717, 1.165) is 0 Å². The second-order valence-electron chi connectivity index (χ2n) is 1.53. The Morgan fingerprint density at radius 2 is 2.43 bits per heavy atom. The van der Waals surface area contributed by atoms with E-state index in [1.54, 1.807) is 0 Å². The summed E-state index contributed by atoms with van der Waals surface area (Å²) in [4.78, 5) is 0. The van der Waals surface area contributed by atoms with Gasteiger partial charge in [-0.05, 0) is 18.6 Å². The Morgan fingerprint density at radius 1 is 1.71 bits per heavy atom. The smallest absolute Gasteiger partial charge is 0.0539 e. The lowest BCUT2D eigenvalue weighted by molar-refractivity contribution is 1.31. The molecular formula is C5H6BrN. The van der Waals surface area contributed by atoms with Crippen LogP contribution >= 0.6 is 16.1 Å². The highest BCUT2D eigenvalue weighted by Gasteiger charge is 1.81. The van der Waals surface area contributed by atoms with Crippen molar-refractivity contribution in [2.75, 3.05) is 0 Å². The maximum absolute atomic E-state index is 3.25. The van der Waals surface area contributed by atoms with Gasteiger partial charge in [-0.3, -0.25) is 3.59 Å². The van der Waals surface area contributed by atoms with Crippen LogP contribution in [0.4, 0.5) is 0 Å². The van der Waals surface area contributed by atoms with Crippen molar-refractivity contribution in [3.05, 3.63) is 24.0 Å². The molecule has 0 bridgehead atoms. The van der Waals surface area contributed by atoms with Crippen molar-refractivity contribution < 1.29 is 0 Å². The van der Waals surface area contributed by atoms with Crippen LogP contribution in [0.15, 0.2) is 18.5 Å². The van der Waals surface area contributed by atoms with Crippen molar-refractivity contribution >= 4 is 16.1 Å². The van der Waals surface area contributed by atoms with Crippen LogP contribution in [0.1, 0.15) is 5.56 Å². The molecule has 7 heavy (non-hydrogen) atoms. The van der Waals surface area contributed by atoms with Crippen LogP contribution in [0.2, 0.25) is 0 Å². The van der Waals surface area contributed by atoms with Crippen LogP contribution in [-0.2, 0) is 0 Å². The largest absolute Gasteiger partial charge is 0.291 e. The molecule has 2 heteroatoms. The summed E-state index contributed by atoms with van der Waals surface area (Å²) < 4.78 is 1.85. The Bertz CT molecular complexity index is 140. The van der Waals surface area contributed by atoms with Gasteiger partial charge in [-0.15, -0.1) is 0 Å². The van der Waals surface area contributed by atoms with Crippen molar-refractivity contribution in [3.63, 3.8) is 0 Å². The zero-order valence-corrected chi connectivity index (χ0v) is 5.64. The molecule has 0 aliphatic heterocycles. The Hall–Kier alpha value is -0.240. The Balaban J connectivity index is 3.04. The summed E-state index contributed by atoms with van der Waals surface area (Å²) in [6.07, 6.45) is 3.95. The summed E-state index contributed by atoms with van der Waals surface area (Å²) in [7, 11) is 0. The van der Waals surface area contributed by atoms with Crippen LogP contribution in [-0.4, -0.2) is 3.59 Å². The van der Waals surface area contributed by atoms with E-state index in [-0.39, 0.29) is 0 Å². The fourth-order valence-electron chi connectivity index (χ4n) is 0.469. The molecule has 0 radical (unpaired) electrons. The highest BCUT2D eigenvalue weighted by molar-refractivity contribution is 9.08. The zero-order chi connectivity index (χ0) is 5.28. The number of rotatable bonds is 0. The van der Waals surface area contributed by atoms with Gasteiger partial charge in [0.1, 0.15) is 0 Å². The van der Waals surface area contributed by atoms with E-state index in [4.69, 9.17) is 0 Å². The van der Waals surface area contributed by atoms with Gasteiger partial charge in [0.25, 0.3) is 0 Å². The lowest BCUT2D eigenvalue weighted by atomic mass is 10.4. The fourth-order valence-corrected chi connectivity index (χ4v) is 0.911. The van der Waals surface area contributed by atoms with Crippen LogP contribution in [0.5, 0.6) is 0 Å². The van der Waals surface area contributed by atoms with Gasteiger partial charge < -0.3 is 0 Å². The number of nitrogens with zero attached hydrogens (tertiary/aromatic N) is 1. The Morgan fingerprint density at radius 3 is 2.57 bits per heavy atom. The molecule has 0 aromatic carbocycles. The monoisotopic (exact) mass is 159 g/mol. The summed E-state index contributed by atoms with van der Waals surface area (Å²) in [5.74, 6) is 0. The van der Waals surface area contributed by atoms with E-state index in [9.17, 15) is 0 Å². The predicted molar refractivity (Wildman–Crippen MR) is 33.5 cm³/mol. The molecular weight excluding hydrogens is 154 g/mol. The summed E-state index contributed by atoms with van der Waals surface area (Å²) in [6, 6.07) is 2.04. The average molecular weight is 160 g/mol. The number of aryl methyl sites for hydroxylation is 1. The maximum Gasteiger partial charge on any atom is 0.0539 e. The molecule has 0 fully saturated rings. The minimum Gasteiger partial charge on any atom is -0.291 e. The van der Waals surface area contributed by atoms with Crippen molar-refractivity contribution in [1.29, 1.82) is 0 Å². The maximum atomic E-state index is 3.25. The van der Waals surface area contributed by atoms with E-state index in [0.29, 0.717) is 0 Å². The van der Waals surface area contributed by atoms with Gasteiger partial charge in [0.05, 0.1) is 16.1 Å². The molecule has 0 atom stereocenters.